The van der Waals surface area contributed by atoms with Gasteiger partial charge in [-0.25, -0.2) is 4.98 Å². The molecule has 0 unspecified atom stereocenters. The van der Waals surface area contributed by atoms with Crippen LogP contribution in [-0.2, 0) is 13.0 Å². The van der Waals surface area contributed by atoms with E-state index in [1.807, 2.05) is 12.1 Å². The molecule has 5 nitrogen and oxygen atoms in total. The van der Waals surface area contributed by atoms with Gasteiger partial charge < -0.3 is 14.2 Å². The molecule has 0 saturated heterocycles. The third-order valence-electron chi connectivity index (χ3n) is 4.95. The number of rotatable bonds is 3. The van der Waals surface area contributed by atoms with E-state index in [9.17, 15) is 0 Å². The number of ether oxygens (including phenoxy) is 3. The first-order chi connectivity index (χ1) is 12.8. The van der Waals surface area contributed by atoms with Gasteiger partial charge in [0, 0.05) is 36.7 Å². The van der Waals surface area contributed by atoms with Crippen molar-refractivity contribution in [3.63, 3.8) is 0 Å². The molecule has 1 aromatic heterocycles. The van der Waals surface area contributed by atoms with Crippen LogP contribution in [0.15, 0.2) is 48.5 Å². The molecule has 0 atom stereocenters. The van der Waals surface area contributed by atoms with Gasteiger partial charge in [0.15, 0.2) is 11.5 Å². The van der Waals surface area contributed by atoms with Crippen molar-refractivity contribution in [2.45, 2.75) is 13.0 Å². The highest BCUT2D eigenvalue weighted by Crippen LogP contribution is 2.37. The van der Waals surface area contributed by atoms with Crippen LogP contribution < -0.4 is 14.2 Å². The minimum Gasteiger partial charge on any atom is -0.476 e. The van der Waals surface area contributed by atoms with Gasteiger partial charge in [-0.15, -0.1) is 0 Å². The Labute approximate surface area is 152 Å². The standard InChI is InChI=1S/C21H20N2O3/c1-2-4-15(5-3-1)6-7-23-8-9-24-21-17(13-23)10-16-11-19-20(26-14-25-19)12-18(16)22-21/h1-5,10-12H,6-9,13-14H2. The molecule has 26 heavy (non-hydrogen) atoms. The molecule has 0 aliphatic carbocycles. The molecule has 3 heterocycles. The third kappa shape index (κ3) is 2.95. The molecule has 0 bridgehead atoms. The Morgan fingerprint density at radius 2 is 1.81 bits per heavy atom. The van der Waals surface area contributed by atoms with Crippen molar-refractivity contribution in [3.05, 3.63) is 59.7 Å². The smallest absolute Gasteiger partial charge is 0.231 e. The van der Waals surface area contributed by atoms with E-state index in [-0.39, 0.29) is 6.79 Å². The Kier molecular flexibility index (Phi) is 3.87. The van der Waals surface area contributed by atoms with Crippen LogP contribution in [0.25, 0.3) is 10.9 Å². The molecule has 3 aromatic rings. The average molecular weight is 348 g/mol. The topological polar surface area (TPSA) is 43.8 Å². The van der Waals surface area contributed by atoms with Gasteiger partial charge in [-0.1, -0.05) is 30.3 Å². The lowest BCUT2D eigenvalue weighted by Crippen LogP contribution is -2.27. The summed E-state index contributed by atoms with van der Waals surface area (Å²) in [4.78, 5) is 7.15. The predicted octanol–water partition coefficient (Wildman–Crippen LogP) is 3.40. The molecule has 132 valence electrons. The molecule has 5 rings (SSSR count). The van der Waals surface area contributed by atoms with Gasteiger partial charge in [-0.2, -0.15) is 0 Å². The van der Waals surface area contributed by atoms with Crippen molar-refractivity contribution in [3.8, 4) is 17.4 Å². The Morgan fingerprint density at radius 3 is 2.69 bits per heavy atom. The Balaban J connectivity index is 1.40. The number of hydrogen-bond acceptors (Lipinski definition) is 5. The summed E-state index contributed by atoms with van der Waals surface area (Å²) in [5.41, 5.74) is 3.37. The molecule has 5 heteroatoms. The first-order valence-corrected chi connectivity index (χ1v) is 8.97. The highest BCUT2D eigenvalue weighted by Gasteiger charge is 2.20. The van der Waals surface area contributed by atoms with Crippen molar-refractivity contribution >= 4 is 10.9 Å². The quantitative estimate of drug-likeness (QED) is 0.726. The number of hydrogen-bond donors (Lipinski definition) is 0. The predicted molar refractivity (Wildman–Crippen MR) is 98.8 cm³/mol. The van der Waals surface area contributed by atoms with Crippen LogP contribution in [0.1, 0.15) is 11.1 Å². The average Bonchev–Trinajstić information content (AvgIpc) is 3.02. The second-order valence-electron chi connectivity index (χ2n) is 6.71. The summed E-state index contributed by atoms with van der Waals surface area (Å²) in [5.74, 6) is 2.27. The zero-order chi connectivity index (χ0) is 17.3. The molecule has 0 radical (unpaired) electrons. The number of nitrogens with zero attached hydrogens (tertiary/aromatic N) is 2. The van der Waals surface area contributed by atoms with E-state index < -0.39 is 0 Å². The van der Waals surface area contributed by atoms with Crippen LogP contribution in [0.4, 0.5) is 0 Å². The maximum absolute atomic E-state index is 5.93. The summed E-state index contributed by atoms with van der Waals surface area (Å²) in [6.45, 7) is 3.69. The van der Waals surface area contributed by atoms with Crippen LogP contribution in [0.5, 0.6) is 17.4 Å². The maximum Gasteiger partial charge on any atom is 0.231 e. The second-order valence-corrected chi connectivity index (χ2v) is 6.71. The maximum atomic E-state index is 5.93. The molecule has 0 N–H and O–H groups in total. The summed E-state index contributed by atoms with van der Waals surface area (Å²) in [6.07, 6.45) is 1.04. The van der Waals surface area contributed by atoms with Crippen LogP contribution in [0.3, 0.4) is 0 Å². The second kappa shape index (κ2) is 6.50. The van der Waals surface area contributed by atoms with E-state index in [2.05, 4.69) is 41.3 Å². The van der Waals surface area contributed by atoms with Crippen molar-refractivity contribution in [1.82, 2.24) is 9.88 Å². The normalized spacial score (nSPS) is 16.2. The monoisotopic (exact) mass is 348 g/mol. The van der Waals surface area contributed by atoms with Crippen LogP contribution in [-0.4, -0.2) is 36.4 Å². The van der Waals surface area contributed by atoms with Gasteiger partial charge in [0.05, 0.1) is 5.52 Å². The van der Waals surface area contributed by atoms with Crippen molar-refractivity contribution in [2.75, 3.05) is 26.5 Å². The Hall–Kier alpha value is -2.79. The Morgan fingerprint density at radius 1 is 0.962 bits per heavy atom. The fourth-order valence-electron chi connectivity index (χ4n) is 3.54. The van der Waals surface area contributed by atoms with Gasteiger partial charge in [0.2, 0.25) is 12.7 Å². The van der Waals surface area contributed by atoms with Crippen molar-refractivity contribution in [1.29, 1.82) is 0 Å². The van der Waals surface area contributed by atoms with E-state index in [1.54, 1.807) is 0 Å². The fourth-order valence-corrected chi connectivity index (χ4v) is 3.54. The zero-order valence-electron chi connectivity index (χ0n) is 14.5. The summed E-state index contributed by atoms with van der Waals surface area (Å²) in [6, 6.07) is 16.7. The highest BCUT2D eigenvalue weighted by atomic mass is 16.7. The van der Waals surface area contributed by atoms with Gasteiger partial charge in [-0.05, 0) is 24.1 Å². The molecule has 2 aromatic carbocycles. The largest absolute Gasteiger partial charge is 0.476 e. The highest BCUT2D eigenvalue weighted by molar-refractivity contribution is 5.84. The lowest BCUT2D eigenvalue weighted by molar-refractivity contribution is 0.174. The number of fused-ring (bicyclic) bond motifs is 3. The van der Waals surface area contributed by atoms with Crippen molar-refractivity contribution in [2.24, 2.45) is 0 Å². The summed E-state index contributed by atoms with van der Waals surface area (Å²) < 4.78 is 16.9. The van der Waals surface area contributed by atoms with E-state index in [0.717, 1.165) is 59.9 Å². The van der Waals surface area contributed by atoms with Crippen molar-refractivity contribution < 1.29 is 14.2 Å². The fraction of sp³-hybridized carbons (Fsp3) is 0.286. The van der Waals surface area contributed by atoms with E-state index in [0.29, 0.717) is 6.61 Å². The molecular weight excluding hydrogens is 328 g/mol. The minimum atomic E-state index is 0.273. The molecule has 0 fully saturated rings. The molecule has 0 saturated carbocycles. The van der Waals surface area contributed by atoms with Crippen LogP contribution in [0.2, 0.25) is 0 Å². The summed E-state index contributed by atoms with van der Waals surface area (Å²) in [7, 11) is 0. The van der Waals surface area contributed by atoms with Crippen LogP contribution >= 0.6 is 0 Å². The summed E-state index contributed by atoms with van der Waals surface area (Å²) >= 11 is 0. The Bertz CT molecular complexity index is 943. The molecule has 0 spiro atoms. The first kappa shape index (κ1) is 15.5. The van der Waals surface area contributed by atoms with Gasteiger partial charge in [0.25, 0.3) is 0 Å². The van der Waals surface area contributed by atoms with E-state index in [1.165, 1.54) is 5.56 Å². The zero-order valence-corrected chi connectivity index (χ0v) is 14.5. The molecule has 2 aliphatic rings. The molecule has 0 amide bonds. The van der Waals surface area contributed by atoms with E-state index in [4.69, 9.17) is 19.2 Å². The minimum absolute atomic E-state index is 0.273. The van der Waals surface area contributed by atoms with Gasteiger partial charge in [0.1, 0.15) is 6.61 Å². The lowest BCUT2D eigenvalue weighted by Gasteiger charge is -2.19. The van der Waals surface area contributed by atoms with E-state index >= 15 is 0 Å². The van der Waals surface area contributed by atoms with Gasteiger partial charge >= 0.3 is 0 Å². The number of aromatic nitrogens is 1. The lowest BCUT2D eigenvalue weighted by atomic mass is 10.1. The third-order valence-corrected chi connectivity index (χ3v) is 4.95. The van der Waals surface area contributed by atoms with Gasteiger partial charge in [-0.3, -0.25) is 4.90 Å². The van der Waals surface area contributed by atoms with Crippen LogP contribution in [0, 0.1) is 0 Å². The molecular formula is C21H20N2O3. The first-order valence-electron chi connectivity index (χ1n) is 8.97. The summed E-state index contributed by atoms with van der Waals surface area (Å²) in [5, 5.41) is 1.06. The number of pyridine rings is 1. The SMILES string of the molecule is c1ccc(CCN2CCOc3nc4cc5c(cc4cc3C2)OCO5)cc1. The number of benzene rings is 2. The molecule has 2 aliphatic heterocycles.